The molecule has 0 saturated carbocycles. The van der Waals surface area contributed by atoms with E-state index >= 15 is 0 Å². The van der Waals surface area contributed by atoms with E-state index in [1.807, 2.05) is 0 Å². The maximum atomic E-state index is 5.36. The highest BCUT2D eigenvalue weighted by Gasteiger charge is 2.32. The van der Waals surface area contributed by atoms with Gasteiger partial charge in [0.25, 0.3) is 0 Å². The van der Waals surface area contributed by atoms with E-state index in [0.29, 0.717) is 6.04 Å². The Balaban J connectivity index is 2.53. The number of likely N-dealkylation sites (tertiary alicyclic amines) is 1. The number of ether oxygens (including phenoxy) is 1. The van der Waals surface area contributed by atoms with Gasteiger partial charge in [-0.15, -0.1) is 0 Å². The predicted molar refractivity (Wildman–Crippen MR) is 68.8 cm³/mol. The third kappa shape index (κ3) is 3.72. The predicted octanol–water partition coefficient (Wildman–Crippen LogP) is 1.73. The van der Waals surface area contributed by atoms with Gasteiger partial charge in [-0.05, 0) is 31.8 Å². The molecule has 3 nitrogen and oxygen atoms in total. The fraction of sp³-hybridized carbons (Fsp3) is 1.00. The minimum absolute atomic E-state index is 0.542. The Labute approximate surface area is 101 Å². The zero-order valence-corrected chi connectivity index (χ0v) is 11.3. The number of nitrogens with one attached hydrogen (secondary N) is 1. The highest BCUT2D eigenvalue weighted by molar-refractivity contribution is 4.87. The molecule has 1 fully saturated rings. The van der Waals surface area contributed by atoms with Crippen molar-refractivity contribution < 1.29 is 4.74 Å². The molecule has 0 spiro atoms. The Morgan fingerprint density at radius 1 is 1.44 bits per heavy atom. The lowest BCUT2D eigenvalue weighted by atomic mass is 10.0. The summed E-state index contributed by atoms with van der Waals surface area (Å²) in [7, 11) is 1.80. The SMILES string of the molecule is CCNCC(COC)N1CCCC1C(C)C. The second-order valence-corrected chi connectivity index (χ2v) is 5.11. The van der Waals surface area contributed by atoms with Crippen molar-refractivity contribution in [1.82, 2.24) is 10.2 Å². The minimum Gasteiger partial charge on any atom is -0.383 e. The monoisotopic (exact) mass is 228 g/mol. The molecule has 1 rings (SSSR count). The summed E-state index contributed by atoms with van der Waals surface area (Å²) in [5.74, 6) is 0.753. The molecule has 1 aliphatic rings. The van der Waals surface area contributed by atoms with Crippen LogP contribution in [0.2, 0.25) is 0 Å². The molecular formula is C13H28N2O. The molecule has 0 bridgehead atoms. The number of hydrogen-bond donors (Lipinski definition) is 1. The Kier molecular flexibility index (Phi) is 6.32. The van der Waals surface area contributed by atoms with Gasteiger partial charge in [0.05, 0.1) is 6.61 Å². The van der Waals surface area contributed by atoms with E-state index in [9.17, 15) is 0 Å². The average Bonchev–Trinajstić information content (AvgIpc) is 2.73. The van der Waals surface area contributed by atoms with E-state index in [-0.39, 0.29) is 0 Å². The zero-order chi connectivity index (χ0) is 12.0. The van der Waals surface area contributed by atoms with Crippen molar-refractivity contribution >= 4 is 0 Å². The second kappa shape index (κ2) is 7.25. The van der Waals surface area contributed by atoms with Crippen LogP contribution >= 0.6 is 0 Å². The second-order valence-electron chi connectivity index (χ2n) is 5.11. The third-order valence-corrected chi connectivity index (χ3v) is 3.57. The molecule has 0 radical (unpaired) electrons. The fourth-order valence-corrected chi connectivity index (χ4v) is 2.76. The molecule has 3 heteroatoms. The van der Waals surface area contributed by atoms with Gasteiger partial charge in [-0.25, -0.2) is 0 Å². The van der Waals surface area contributed by atoms with Crippen LogP contribution in [-0.4, -0.2) is 50.3 Å². The summed E-state index contributed by atoms with van der Waals surface area (Å²) in [4.78, 5) is 2.65. The molecule has 96 valence electrons. The number of methoxy groups -OCH3 is 1. The van der Waals surface area contributed by atoms with Crippen molar-refractivity contribution in [2.45, 2.75) is 45.7 Å². The lowest BCUT2D eigenvalue weighted by Crippen LogP contribution is -2.48. The molecule has 0 aromatic heterocycles. The first-order valence-corrected chi connectivity index (χ1v) is 6.66. The molecule has 1 heterocycles. The van der Waals surface area contributed by atoms with Gasteiger partial charge in [-0.2, -0.15) is 0 Å². The van der Waals surface area contributed by atoms with Crippen LogP contribution in [0.3, 0.4) is 0 Å². The van der Waals surface area contributed by atoms with Crippen molar-refractivity contribution in [3.05, 3.63) is 0 Å². The zero-order valence-electron chi connectivity index (χ0n) is 11.3. The van der Waals surface area contributed by atoms with Gasteiger partial charge < -0.3 is 10.1 Å². The molecule has 16 heavy (non-hydrogen) atoms. The van der Waals surface area contributed by atoms with Crippen LogP contribution in [0.5, 0.6) is 0 Å². The summed E-state index contributed by atoms with van der Waals surface area (Å²) in [6, 6.07) is 1.29. The lowest BCUT2D eigenvalue weighted by Gasteiger charge is -2.35. The van der Waals surface area contributed by atoms with Gasteiger partial charge in [0.2, 0.25) is 0 Å². The minimum atomic E-state index is 0.542. The summed E-state index contributed by atoms with van der Waals surface area (Å²) in [6.45, 7) is 11.0. The number of likely N-dealkylation sites (N-methyl/N-ethyl adjacent to an activating group) is 1. The van der Waals surface area contributed by atoms with E-state index in [1.54, 1.807) is 7.11 Å². The number of rotatable bonds is 7. The lowest BCUT2D eigenvalue weighted by molar-refractivity contribution is 0.0685. The van der Waals surface area contributed by atoms with E-state index in [1.165, 1.54) is 19.4 Å². The first-order chi connectivity index (χ1) is 7.70. The summed E-state index contributed by atoms with van der Waals surface area (Å²) >= 11 is 0. The van der Waals surface area contributed by atoms with Crippen molar-refractivity contribution in [3.63, 3.8) is 0 Å². The highest BCUT2D eigenvalue weighted by Crippen LogP contribution is 2.25. The van der Waals surface area contributed by atoms with Crippen LogP contribution in [-0.2, 0) is 4.74 Å². The topological polar surface area (TPSA) is 24.5 Å². The Bertz CT molecular complexity index is 185. The van der Waals surface area contributed by atoms with Crippen molar-refractivity contribution in [3.8, 4) is 0 Å². The van der Waals surface area contributed by atoms with Gasteiger partial charge in [-0.3, -0.25) is 4.90 Å². The van der Waals surface area contributed by atoms with Gasteiger partial charge in [0.1, 0.15) is 0 Å². The van der Waals surface area contributed by atoms with Gasteiger partial charge in [0.15, 0.2) is 0 Å². The molecule has 2 atom stereocenters. The molecule has 2 unspecified atom stereocenters. The van der Waals surface area contributed by atoms with Crippen LogP contribution in [0.4, 0.5) is 0 Å². The molecule has 1 N–H and O–H groups in total. The first kappa shape index (κ1) is 13.9. The van der Waals surface area contributed by atoms with Crippen LogP contribution < -0.4 is 5.32 Å². The molecule has 1 aliphatic heterocycles. The van der Waals surface area contributed by atoms with E-state index in [2.05, 4.69) is 31.0 Å². The first-order valence-electron chi connectivity index (χ1n) is 6.66. The molecule has 0 amide bonds. The molecule has 1 saturated heterocycles. The van der Waals surface area contributed by atoms with Gasteiger partial charge in [-0.1, -0.05) is 20.8 Å². The van der Waals surface area contributed by atoms with Crippen molar-refractivity contribution in [2.24, 2.45) is 5.92 Å². The van der Waals surface area contributed by atoms with Crippen LogP contribution in [0.15, 0.2) is 0 Å². The number of nitrogens with zero attached hydrogens (tertiary/aromatic N) is 1. The molecule has 0 aliphatic carbocycles. The highest BCUT2D eigenvalue weighted by atomic mass is 16.5. The van der Waals surface area contributed by atoms with E-state index < -0.39 is 0 Å². The van der Waals surface area contributed by atoms with Gasteiger partial charge in [0, 0.05) is 25.7 Å². The Hall–Kier alpha value is -0.120. The summed E-state index contributed by atoms with van der Waals surface area (Å²) in [5.41, 5.74) is 0. The maximum Gasteiger partial charge on any atom is 0.0630 e. The normalized spacial score (nSPS) is 24.2. The molecule has 0 aromatic carbocycles. The largest absolute Gasteiger partial charge is 0.383 e. The van der Waals surface area contributed by atoms with Crippen molar-refractivity contribution in [1.29, 1.82) is 0 Å². The average molecular weight is 228 g/mol. The van der Waals surface area contributed by atoms with Crippen LogP contribution in [0, 0.1) is 5.92 Å². The van der Waals surface area contributed by atoms with Crippen molar-refractivity contribution in [2.75, 3.05) is 33.4 Å². The summed E-state index contributed by atoms with van der Waals surface area (Å²) in [5, 5.41) is 3.45. The van der Waals surface area contributed by atoms with E-state index in [0.717, 1.165) is 31.7 Å². The standard InChI is InChI=1S/C13H28N2O/c1-5-14-9-12(10-16-4)15-8-6-7-13(15)11(2)3/h11-14H,5-10H2,1-4H3. The van der Waals surface area contributed by atoms with Gasteiger partial charge >= 0.3 is 0 Å². The summed E-state index contributed by atoms with van der Waals surface area (Å²) < 4.78 is 5.36. The van der Waals surface area contributed by atoms with Crippen LogP contribution in [0.25, 0.3) is 0 Å². The maximum absolute atomic E-state index is 5.36. The van der Waals surface area contributed by atoms with E-state index in [4.69, 9.17) is 4.74 Å². The molecule has 0 aromatic rings. The third-order valence-electron chi connectivity index (χ3n) is 3.57. The number of hydrogen-bond acceptors (Lipinski definition) is 3. The molecular weight excluding hydrogens is 200 g/mol. The smallest absolute Gasteiger partial charge is 0.0630 e. The quantitative estimate of drug-likeness (QED) is 0.718. The Morgan fingerprint density at radius 3 is 2.75 bits per heavy atom. The summed E-state index contributed by atoms with van der Waals surface area (Å²) in [6.07, 6.45) is 2.69. The van der Waals surface area contributed by atoms with Crippen LogP contribution in [0.1, 0.15) is 33.6 Å². The fourth-order valence-electron chi connectivity index (χ4n) is 2.76. The Morgan fingerprint density at radius 2 is 2.19 bits per heavy atom.